The molecule has 5 aliphatic heterocycles. The van der Waals surface area contributed by atoms with Gasteiger partial charge in [-0.1, -0.05) is 23.7 Å². The summed E-state index contributed by atoms with van der Waals surface area (Å²) in [7, 11) is 1.37. The van der Waals surface area contributed by atoms with Crippen molar-refractivity contribution in [1.29, 1.82) is 0 Å². The van der Waals surface area contributed by atoms with Crippen LogP contribution in [0.15, 0.2) is 41.2 Å². The van der Waals surface area contributed by atoms with Gasteiger partial charge in [0.15, 0.2) is 0 Å². The van der Waals surface area contributed by atoms with Crippen molar-refractivity contribution in [3.05, 3.63) is 63.0 Å². The number of piperidine rings is 4. The molecule has 5 aliphatic rings. The van der Waals surface area contributed by atoms with Gasteiger partial charge in [-0.3, -0.25) is 14.3 Å². The lowest BCUT2D eigenvalue weighted by Gasteiger charge is -2.51. The Morgan fingerprint density at radius 3 is 2.30 bits per heavy atom. The molecular formula is C35H44ClF3N8O3. The molecule has 6 heterocycles. The van der Waals surface area contributed by atoms with Crippen LogP contribution < -0.4 is 16.3 Å². The zero-order valence-electron chi connectivity index (χ0n) is 28.1. The first-order chi connectivity index (χ1) is 24.0. The number of imidazole rings is 1. The van der Waals surface area contributed by atoms with Gasteiger partial charge >= 0.3 is 17.9 Å². The summed E-state index contributed by atoms with van der Waals surface area (Å²) in [4.78, 5) is 51.9. The number of hydrogen-bond donors (Lipinski definition) is 3. The van der Waals surface area contributed by atoms with Crippen LogP contribution in [0.2, 0.25) is 5.02 Å². The van der Waals surface area contributed by atoms with Crippen LogP contribution in [-0.2, 0) is 17.4 Å². The van der Waals surface area contributed by atoms with Gasteiger partial charge in [0.25, 0.3) is 0 Å². The van der Waals surface area contributed by atoms with Crippen LogP contribution in [0.5, 0.6) is 0 Å². The van der Waals surface area contributed by atoms with Crippen molar-refractivity contribution in [2.24, 2.45) is 5.92 Å². The second kappa shape index (κ2) is 14.1. The minimum Gasteiger partial charge on any atom is -0.386 e. The van der Waals surface area contributed by atoms with E-state index in [9.17, 15) is 27.6 Å². The average molecular weight is 717 g/mol. The van der Waals surface area contributed by atoms with Crippen molar-refractivity contribution in [3.63, 3.8) is 0 Å². The van der Waals surface area contributed by atoms with Crippen molar-refractivity contribution in [2.45, 2.75) is 56.4 Å². The molecule has 0 aliphatic carbocycles. The highest BCUT2D eigenvalue weighted by atomic mass is 35.5. The molecule has 3 N–H and O–H groups in total. The Morgan fingerprint density at radius 1 is 0.960 bits per heavy atom. The van der Waals surface area contributed by atoms with Gasteiger partial charge in [0, 0.05) is 71.4 Å². The molecule has 11 nitrogen and oxygen atoms in total. The highest BCUT2D eigenvalue weighted by molar-refractivity contribution is 6.33. The van der Waals surface area contributed by atoms with Gasteiger partial charge in [0.05, 0.1) is 27.3 Å². The van der Waals surface area contributed by atoms with Crippen molar-refractivity contribution < 1.29 is 22.8 Å². The number of rotatable bonds is 7. The number of aromatic amines is 1. The number of para-hydroxylation sites is 2. The topological polar surface area (TPSA) is 109 Å². The molecule has 2 atom stereocenters. The predicted octanol–water partition coefficient (Wildman–Crippen LogP) is 4.24. The fraction of sp³-hybridized carbons (Fsp3) is 0.571. The van der Waals surface area contributed by atoms with E-state index in [1.54, 1.807) is 14.4 Å². The number of fused-ring (bicyclic) bond motifs is 4. The van der Waals surface area contributed by atoms with Gasteiger partial charge in [-0.25, -0.2) is 9.59 Å². The Morgan fingerprint density at radius 2 is 1.66 bits per heavy atom. The van der Waals surface area contributed by atoms with Gasteiger partial charge in [-0.15, -0.1) is 0 Å². The molecule has 5 saturated heterocycles. The molecule has 8 rings (SSSR count). The summed E-state index contributed by atoms with van der Waals surface area (Å²) in [6, 6.07) is 8.69. The molecular weight excluding hydrogens is 673 g/mol. The molecule has 1 unspecified atom stereocenters. The van der Waals surface area contributed by atoms with E-state index in [-0.39, 0.29) is 40.3 Å². The fourth-order valence-corrected chi connectivity index (χ4v) is 8.88. The number of H-pyrrole nitrogens is 1. The van der Waals surface area contributed by atoms with Crippen LogP contribution in [-0.4, -0.2) is 119 Å². The number of urea groups is 1. The monoisotopic (exact) mass is 716 g/mol. The Kier molecular flexibility index (Phi) is 9.79. The highest BCUT2D eigenvalue weighted by Crippen LogP contribution is 2.40. The molecule has 5 fully saturated rings. The molecule has 1 aromatic heterocycles. The molecule has 15 heteroatoms. The summed E-state index contributed by atoms with van der Waals surface area (Å²) in [6.07, 6.45) is -1.37. The smallest absolute Gasteiger partial charge is 0.386 e. The van der Waals surface area contributed by atoms with Gasteiger partial charge in [-0.2, -0.15) is 13.2 Å². The predicted molar refractivity (Wildman–Crippen MR) is 186 cm³/mol. The van der Waals surface area contributed by atoms with E-state index in [1.165, 1.54) is 26.0 Å². The Balaban J connectivity index is 1.06. The highest BCUT2D eigenvalue weighted by Gasteiger charge is 2.40. The van der Waals surface area contributed by atoms with Crippen LogP contribution in [0.3, 0.4) is 0 Å². The molecule has 0 saturated carbocycles. The number of anilines is 1. The number of carbonyl (C=O) groups is 2. The normalized spacial score (nSPS) is 24.1. The van der Waals surface area contributed by atoms with Gasteiger partial charge in [0.2, 0.25) is 5.91 Å². The number of alkyl halides is 3. The maximum absolute atomic E-state index is 14.1. The van der Waals surface area contributed by atoms with Crippen LogP contribution in [0.1, 0.15) is 42.9 Å². The third-order valence-electron chi connectivity index (χ3n) is 11.2. The number of aromatic nitrogens is 2. The number of hydrogen-bond acceptors (Lipinski definition) is 6. The first-order valence-electron chi connectivity index (χ1n) is 17.6. The number of nitrogens with zero attached hydrogens (tertiary/aromatic N) is 5. The van der Waals surface area contributed by atoms with E-state index in [1.807, 2.05) is 24.3 Å². The third-order valence-corrected chi connectivity index (χ3v) is 11.5. The first kappa shape index (κ1) is 34.7. The molecule has 3 aromatic rings. The minimum atomic E-state index is -4.68. The minimum absolute atomic E-state index is 0.110. The fourth-order valence-electron chi connectivity index (χ4n) is 8.54. The SMILES string of the molecule is CNc1c(Cl)cc(C[C@@H](NC(=O)N2CCC(n3c(=O)[nH]c4ccccc43)CC2)C(=O)N2CCN(C3CN4CCC3CC4)CC2)cc1C(F)(F)F. The quantitative estimate of drug-likeness (QED) is 0.338. The Labute approximate surface area is 293 Å². The van der Waals surface area contributed by atoms with E-state index < -0.39 is 23.8 Å². The van der Waals surface area contributed by atoms with Crippen molar-refractivity contribution in [1.82, 2.24) is 34.5 Å². The third kappa shape index (κ3) is 6.93. The number of carbonyl (C=O) groups excluding carboxylic acids is 2. The number of likely N-dealkylation sites (tertiary alicyclic amines) is 1. The first-order valence-corrected chi connectivity index (χ1v) is 17.9. The molecule has 50 heavy (non-hydrogen) atoms. The zero-order chi connectivity index (χ0) is 35.2. The molecule has 270 valence electrons. The summed E-state index contributed by atoms with van der Waals surface area (Å²) in [5.41, 5.74) is 0.385. The van der Waals surface area contributed by atoms with Gasteiger partial charge in [-0.05, 0) is 74.5 Å². The molecule has 2 bridgehead atoms. The summed E-state index contributed by atoms with van der Waals surface area (Å²) < 4.78 is 43.9. The molecule has 0 spiro atoms. The van der Waals surface area contributed by atoms with Gasteiger partial charge in [0.1, 0.15) is 6.04 Å². The maximum Gasteiger partial charge on any atom is 0.418 e. The largest absolute Gasteiger partial charge is 0.418 e. The van der Waals surface area contributed by atoms with Crippen LogP contribution in [0.25, 0.3) is 11.0 Å². The van der Waals surface area contributed by atoms with Crippen molar-refractivity contribution in [2.75, 3.05) is 71.3 Å². The lowest BCUT2D eigenvalue weighted by Crippen LogP contribution is -2.63. The lowest BCUT2D eigenvalue weighted by atomic mass is 9.83. The number of benzene rings is 2. The summed E-state index contributed by atoms with van der Waals surface area (Å²) >= 11 is 6.31. The zero-order valence-corrected chi connectivity index (χ0v) is 28.9. The molecule has 2 aromatic carbocycles. The molecule has 0 radical (unpaired) electrons. The Hall–Kier alpha value is -3.75. The van der Waals surface area contributed by atoms with Crippen molar-refractivity contribution in [3.8, 4) is 0 Å². The second-order valence-corrected chi connectivity index (χ2v) is 14.5. The average Bonchev–Trinajstić information content (AvgIpc) is 3.46. The van der Waals surface area contributed by atoms with E-state index >= 15 is 0 Å². The van der Waals surface area contributed by atoms with E-state index in [4.69, 9.17) is 11.6 Å². The Bertz CT molecular complexity index is 1770. The standard InChI is InChI=1S/C35H44ClF3N8O3/c1-40-31-25(35(37,38)39)18-22(19-26(31)36)20-28(32(48)45-16-14-44(15-17-45)30-21-43-10-6-23(30)7-11-43)42-33(49)46-12-8-24(9-13-46)47-29-5-3-2-4-27(29)41-34(47)50/h2-5,18-19,23-24,28,30,40H,6-17,20-21H2,1H3,(H,41,50)(H,42,49)/t28-,30?/m1/s1. The number of piperazine rings is 1. The maximum atomic E-state index is 14.1. The number of amides is 3. The molecule has 3 amide bonds. The summed E-state index contributed by atoms with van der Waals surface area (Å²) in [5, 5.41) is 5.31. The van der Waals surface area contributed by atoms with Gasteiger partial charge < -0.3 is 30.3 Å². The van der Waals surface area contributed by atoms with Crippen LogP contribution in [0.4, 0.5) is 23.7 Å². The second-order valence-electron chi connectivity index (χ2n) is 14.1. The summed E-state index contributed by atoms with van der Waals surface area (Å²) in [5.74, 6) is 0.343. The van der Waals surface area contributed by atoms with Crippen LogP contribution >= 0.6 is 11.6 Å². The van der Waals surface area contributed by atoms with Crippen LogP contribution in [0, 0.1) is 5.92 Å². The van der Waals surface area contributed by atoms with E-state index in [0.29, 0.717) is 64.1 Å². The van der Waals surface area contributed by atoms with E-state index in [0.717, 1.165) is 36.7 Å². The summed E-state index contributed by atoms with van der Waals surface area (Å²) in [6.45, 7) is 6.43. The lowest BCUT2D eigenvalue weighted by molar-refractivity contribution is -0.137. The number of nitrogens with one attached hydrogen (secondary N) is 3. The van der Waals surface area contributed by atoms with E-state index in [2.05, 4.69) is 25.4 Å². The number of halogens is 4. The van der Waals surface area contributed by atoms with Crippen molar-refractivity contribution >= 4 is 40.3 Å².